The fourth-order valence-electron chi connectivity index (χ4n) is 2.52. The van der Waals surface area contributed by atoms with Crippen LogP contribution in [0.3, 0.4) is 0 Å². The maximum atomic E-state index is 6.35. The highest BCUT2D eigenvalue weighted by atomic mass is 35.5. The largest absolute Gasteiger partial charge is 0.493 e. The molecular weight excluding hydrogens is 270 g/mol. The van der Waals surface area contributed by atoms with Crippen LogP contribution in [0, 0.1) is 13.8 Å². The molecule has 0 radical (unpaired) electrons. The van der Waals surface area contributed by atoms with Gasteiger partial charge in [0, 0.05) is 16.6 Å². The van der Waals surface area contributed by atoms with E-state index in [1.54, 1.807) is 0 Å². The lowest BCUT2D eigenvalue weighted by Gasteiger charge is -2.23. The Bertz CT molecular complexity index is 443. The Morgan fingerprint density at radius 3 is 2.45 bits per heavy atom. The summed E-state index contributed by atoms with van der Waals surface area (Å²) < 4.78 is 5.99. The number of nitrogens with two attached hydrogens (primary N) is 1. The Morgan fingerprint density at radius 2 is 1.90 bits per heavy atom. The second-order valence-electron chi connectivity index (χ2n) is 5.85. The van der Waals surface area contributed by atoms with Crippen molar-refractivity contribution in [3.63, 3.8) is 0 Å². The number of hydrogen-bond donors (Lipinski definition) is 1. The van der Waals surface area contributed by atoms with E-state index in [4.69, 9.17) is 22.1 Å². The molecule has 2 atom stereocenters. The monoisotopic (exact) mass is 297 g/mol. The number of aryl methyl sites for hydroxylation is 1. The van der Waals surface area contributed by atoms with Crippen molar-refractivity contribution in [2.75, 3.05) is 6.61 Å². The molecule has 1 aromatic rings. The van der Waals surface area contributed by atoms with Crippen LogP contribution in [0.25, 0.3) is 0 Å². The summed E-state index contributed by atoms with van der Waals surface area (Å²) >= 11 is 6.35. The highest BCUT2D eigenvalue weighted by molar-refractivity contribution is 6.31. The van der Waals surface area contributed by atoms with Crippen molar-refractivity contribution in [2.24, 2.45) is 5.73 Å². The first-order valence-corrected chi connectivity index (χ1v) is 7.94. The van der Waals surface area contributed by atoms with E-state index in [2.05, 4.69) is 34.6 Å². The van der Waals surface area contributed by atoms with E-state index in [0.717, 1.165) is 47.8 Å². The van der Waals surface area contributed by atoms with Crippen LogP contribution in [-0.4, -0.2) is 12.6 Å². The summed E-state index contributed by atoms with van der Waals surface area (Å²) in [6.07, 6.45) is 3.08. The Kier molecular flexibility index (Phi) is 6.84. The minimum Gasteiger partial charge on any atom is -0.493 e. The van der Waals surface area contributed by atoms with Crippen molar-refractivity contribution in [3.8, 4) is 5.75 Å². The first kappa shape index (κ1) is 17.3. The third-order valence-corrected chi connectivity index (χ3v) is 4.10. The van der Waals surface area contributed by atoms with Gasteiger partial charge in [-0.15, -0.1) is 0 Å². The van der Waals surface area contributed by atoms with E-state index in [1.165, 1.54) is 5.56 Å². The molecule has 114 valence electrons. The first-order valence-electron chi connectivity index (χ1n) is 7.56. The fourth-order valence-corrected chi connectivity index (χ4v) is 2.79. The van der Waals surface area contributed by atoms with Crippen LogP contribution >= 0.6 is 11.6 Å². The minimum absolute atomic E-state index is 0.234. The first-order chi connectivity index (χ1) is 9.38. The fraction of sp³-hybridized carbons (Fsp3) is 0.647. The molecule has 0 amide bonds. The Morgan fingerprint density at radius 1 is 1.25 bits per heavy atom. The molecule has 0 bridgehead atoms. The van der Waals surface area contributed by atoms with Crippen LogP contribution in [0.1, 0.15) is 62.6 Å². The molecule has 1 aromatic carbocycles. The van der Waals surface area contributed by atoms with Crippen molar-refractivity contribution in [3.05, 3.63) is 27.8 Å². The zero-order valence-corrected chi connectivity index (χ0v) is 14.2. The molecule has 0 saturated carbocycles. The van der Waals surface area contributed by atoms with Crippen molar-refractivity contribution >= 4 is 11.6 Å². The van der Waals surface area contributed by atoms with E-state index in [-0.39, 0.29) is 6.04 Å². The molecular formula is C17H28ClNO. The van der Waals surface area contributed by atoms with Crippen molar-refractivity contribution in [1.29, 1.82) is 0 Å². The normalized spacial score (nSPS) is 14.2. The third-order valence-electron chi connectivity index (χ3n) is 3.71. The predicted octanol–water partition coefficient (Wildman–Crippen LogP) is 4.98. The van der Waals surface area contributed by atoms with Gasteiger partial charge in [-0.1, -0.05) is 25.4 Å². The Labute approximate surface area is 128 Å². The SMILES string of the molecule is CCCOc1c(C)cc(Cl)c(C)c1C(C)CCC(C)N. The highest BCUT2D eigenvalue weighted by Gasteiger charge is 2.19. The number of hydrogen-bond acceptors (Lipinski definition) is 2. The summed E-state index contributed by atoms with van der Waals surface area (Å²) in [7, 11) is 0. The number of ether oxygens (including phenoxy) is 1. The molecule has 2 N–H and O–H groups in total. The average Bonchev–Trinajstić information content (AvgIpc) is 2.38. The van der Waals surface area contributed by atoms with Crippen LogP contribution in [0.2, 0.25) is 5.02 Å². The van der Waals surface area contributed by atoms with Crippen LogP contribution in [0.4, 0.5) is 0 Å². The maximum absolute atomic E-state index is 6.35. The van der Waals surface area contributed by atoms with Gasteiger partial charge < -0.3 is 10.5 Å². The van der Waals surface area contributed by atoms with Gasteiger partial charge in [0.1, 0.15) is 5.75 Å². The summed E-state index contributed by atoms with van der Waals surface area (Å²) in [6, 6.07) is 2.24. The third kappa shape index (κ3) is 4.39. The molecule has 20 heavy (non-hydrogen) atoms. The second-order valence-corrected chi connectivity index (χ2v) is 6.25. The van der Waals surface area contributed by atoms with Gasteiger partial charge in [-0.2, -0.15) is 0 Å². The molecule has 0 aromatic heterocycles. The smallest absolute Gasteiger partial charge is 0.126 e. The van der Waals surface area contributed by atoms with E-state index >= 15 is 0 Å². The summed E-state index contributed by atoms with van der Waals surface area (Å²) in [4.78, 5) is 0. The van der Waals surface area contributed by atoms with Gasteiger partial charge in [0.25, 0.3) is 0 Å². The molecule has 2 nitrogen and oxygen atoms in total. The van der Waals surface area contributed by atoms with Crippen LogP contribution in [0.5, 0.6) is 5.75 Å². The number of rotatable bonds is 7. The standard InChI is InChI=1S/C17H28ClNO/c1-6-9-20-17-12(3)10-15(18)14(5)16(17)11(2)7-8-13(4)19/h10-11,13H,6-9,19H2,1-5H3. The molecule has 3 heteroatoms. The molecule has 0 heterocycles. The maximum Gasteiger partial charge on any atom is 0.126 e. The van der Waals surface area contributed by atoms with E-state index < -0.39 is 0 Å². The predicted molar refractivity (Wildman–Crippen MR) is 88.0 cm³/mol. The Hall–Kier alpha value is -0.730. The quantitative estimate of drug-likeness (QED) is 0.770. The molecule has 0 saturated heterocycles. The molecule has 2 unspecified atom stereocenters. The van der Waals surface area contributed by atoms with E-state index in [9.17, 15) is 0 Å². The molecule has 0 aliphatic heterocycles. The molecule has 0 spiro atoms. The van der Waals surface area contributed by atoms with Crippen molar-refractivity contribution < 1.29 is 4.74 Å². The molecule has 0 aliphatic carbocycles. The van der Waals surface area contributed by atoms with Crippen molar-refractivity contribution in [2.45, 2.75) is 65.8 Å². The summed E-state index contributed by atoms with van der Waals surface area (Å²) in [5.41, 5.74) is 9.39. The van der Waals surface area contributed by atoms with Gasteiger partial charge in [-0.25, -0.2) is 0 Å². The van der Waals surface area contributed by atoms with Crippen molar-refractivity contribution in [1.82, 2.24) is 0 Å². The molecule has 0 aliphatic rings. The molecule has 1 rings (SSSR count). The van der Waals surface area contributed by atoms with E-state index in [1.807, 2.05) is 6.07 Å². The Balaban J connectivity index is 3.12. The average molecular weight is 298 g/mol. The van der Waals surface area contributed by atoms with Gasteiger partial charge in [0.2, 0.25) is 0 Å². The topological polar surface area (TPSA) is 35.2 Å². The van der Waals surface area contributed by atoms with Gasteiger partial charge in [0.05, 0.1) is 6.61 Å². The van der Waals surface area contributed by atoms with Crippen LogP contribution in [0.15, 0.2) is 6.07 Å². The van der Waals surface area contributed by atoms with Crippen LogP contribution in [-0.2, 0) is 0 Å². The van der Waals surface area contributed by atoms with Gasteiger partial charge in [-0.3, -0.25) is 0 Å². The summed E-state index contributed by atoms with van der Waals surface area (Å²) in [6.45, 7) is 11.3. The van der Waals surface area contributed by atoms with Gasteiger partial charge in [0.15, 0.2) is 0 Å². The van der Waals surface area contributed by atoms with E-state index in [0.29, 0.717) is 5.92 Å². The lowest BCUT2D eigenvalue weighted by atomic mass is 9.89. The number of halogens is 1. The number of benzene rings is 1. The zero-order valence-electron chi connectivity index (χ0n) is 13.4. The van der Waals surface area contributed by atoms with Crippen LogP contribution < -0.4 is 10.5 Å². The van der Waals surface area contributed by atoms with Gasteiger partial charge in [-0.05, 0) is 63.1 Å². The second kappa shape index (κ2) is 7.90. The lowest BCUT2D eigenvalue weighted by Crippen LogP contribution is -2.16. The molecule has 0 fully saturated rings. The zero-order chi connectivity index (χ0) is 15.3. The summed E-state index contributed by atoms with van der Waals surface area (Å²) in [5.74, 6) is 1.43. The highest BCUT2D eigenvalue weighted by Crippen LogP contribution is 2.39. The lowest BCUT2D eigenvalue weighted by molar-refractivity contribution is 0.309. The van der Waals surface area contributed by atoms with Gasteiger partial charge >= 0.3 is 0 Å². The minimum atomic E-state index is 0.234. The summed E-state index contributed by atoms with van der Waals surface area (Å²) in [5, 5.41) is 0.828.